The molecule has 10 heteroatoms. The molecule has 1 aliphatic rings. The summed E-state index contributed by atoms with van der Waals surface area (Å²) < 4.78 is 12.6. The SMILES string of the molecule is COc1ccc(CCN2C(=O)/C(=C\c3c(NCC(C)C)nc4ccc(C)cn4c3=O)SC2=S)cc1OC. The highest BCUT2D eigenvalue weighted by Gasteiger charge is 2.32. The van der Waals surface area contributed by atoms with Crippen molar-refractivity contribution in [3.05, 3.63) is 68.5 Å². The standard InChI is InChI=1S/C27H30N4O4S2/c1-16(2)14-28-24-19(25(32)31-15-17(3)6-9-23(31)29-24)13-22-26(33)30(27(36)37-22)11-10-18-7-8-20(34-4)21(12-18)35-5/h6-9,12-13,15-16,28H,10-11,14H2,1-5H3/b22-13+. The quantitative estimate of drug-likeness (QED) is 0.314. The van der Waals surface area contributed by atoms with Crippen molar-refractivity contribution < 1.29 is 14.3 Å². The average Bonchev–Trinajstić information content (AvgIpc) is 3.15. The van der Waals surface area contributed by atoms with Gasteiger partial charge in [-0.05, 0) is 54.7 Å². The number of hydrogen-bond acceptors (Lipinski definition) is 8. The number of methoxy groups -OCH3 is 2. The Hall–Kier alpha value is -3.37. The molecule has 1 N–H and O–H groups in total. The van der Waals surface area contributed by atoms with Crippen LogP contribution in [0.3, 0.4) is 0 Å². The molecule has 37 heavy (non-hydrogen) atoms. The number of nitrogens with zero attached hydrogens (tertiary/aromatic N) is 3. The zero-order valence-corrected chi connectivity index (χ0v) is 23.2. The molecule has 194 valence electrons. The molecular formula is C27H30N4O4S2. The summed E-state index contributed by atoms with van der Waals surface area (Å²) in [6, 6.07) is 9.39. The number of ether oxygens (including phenoxy) is 2. The van der Waals surface area contributed by atoms with E-state index in [2.05, 4.69) is 24.1 Å². The summed E-state index contributed by atoms with van der Waals surface area (Å²) in [6.45, 7) is 7.12. The molecular weight excluding hydrogens is 508 g/mol. The van der Waals surface area contributed by atoms with Gasteiger partial charge >= 0.3 is 0 Å². The van der Waals surface area contributed by atoms with Crippen LogP contribution in [0.2, 0.25) is 0 Å². The van der Waals surface area contributed by atoms with E-state index in [0.717, 1.165) is 11.1 Å². The molecule has 3 aromatic rings. The smallest absolute Gasteiger partial charge is 0.267 e. The van der Waals surface area contributed by atoms with Crippen molar-refractivity contribution in [1.82, 2.24) is 14.3 Å². The predicted octanol–water partition coefficient (Wildman–Crippen LogP) is 4.53. The van der Waals surface area contributed by atoms with Crippen LogP contribution in [0.5, 0.6) is 11.5 Å². The summed E-state index contributed by atoms with van der Waals surface area (Å²) in [6.07, 6.45) is 3.95. The van der Waals surface area contributed by atoms with Gasteiger partial charge in [0.05, 0.1) is 24.7 Å². The van der Waals surface area contributed by atoms with Gasteiger partial charge < -0.3 is 14.8 Å². The van der Waals surface area contributed by atoms with E-state index in [9.17, 15) is 9.59 Å². The summed E-state index contributed by atoms with van der Waals surface area (Å²) >= 11 is 6.72. The Morgan fingerprint density at radius 2 is 1.89 bits per heavy atom. The lowest BCUT2D eigenvalue weighted by atomic mass is 10.1. The zero-order chi connectivity index (χ0) is 26.7. The van der Waals surface area contributed by atoms with Crippen molar-refractivity contribution in [2.45, 2.75) is 27.2 Å². The highest BCUT2D eigenvalue weighted by Crippen LogP contribution is 2.34. The van der Waals surface area contributed by atoms with Gasteiger partial charge in [-0.25, -0.2) is 4.98 Å². The molecule has 0 bridgehead atoms. The number of carbonyl (C=O) groups is 1. The molecule has 3 heterocycles. The molecule has 1 fully saturated rings. The van der Waals surface area contributed by atoms with Gasteiger partial charge in [0.15, 0.2) is 11.5 Å². The molecule has 0 aliphatic carbocycles. The number of hydrogen-bond donors (Lipinski definition) is 1. The number of thiocarbonyl (C=S) groups is 1. The van der Waals surface area contributed by atoms with Crippen LogP contribution in [0, 0.1) is 12.8 Å². The molecule has 2 aromatic heterocycles. The molecule has 0 saturated carbocycles. The van der Waals surface area contributed by atoms with E-state index >= 15 is 0 Å². The number of rotatable bonds is 9. The number of thioether (sulfide) groups is 1. The second kappa shape index (κ2) is 11.4. The van der Waals surface area contributed by atoms with Gasteiger partial charge in [0.25, 0.3) is 11.5 Å². The van der Waals surface area contributed by atoms with Crippen molar-refractivity contribution in [1.29, 1.82) is 0 Å². The topological polar surface area (TPSA) is 85.2 Å². The van der Waals surface area contributed by atoms with Gasteiger partial charge in [0.2, 0.25) is 0 Å². The number of nitrogens with one attached hydrogen (secondary N) is 1. The fraction of sp³-hybridized carbons (Fsp3) is 0.333. The molecule has 0 atom stereocenters. The number of fused-ring (bicyclic) bond motifs is 1. The first-order chi connectivity index (χ1) is 17.7. The first kappa shape index (κ1) is 26.7. The average molecular weight is 539 g/mol. The van der Waals surface area contributed by atoms with E-state index in [1.54, 1.807) is 31.4 Å². The second-order valence-corrected chi connectivity index (χ2v) is 10.8. The van der Waals surface area contributed by atoms with Crippen LogP contribution in [0.25, 0.3) is 11.7 Å². The maximum absolute atomic E-state index is 13.5. The number of carbonyl (C=O) groups excluding carboxylic acids is 1. The molecule has 1 saturated heterocycles. The fourth-order valence-electron chi connectivity index (χ4n) is 3.93. The fourth-order valence-corrected chi connectivity index (χ4v) is 5.22. The van der Waals surface area contributed by atoms with E-state index in [-0.39, 0.29) is 11.5 Å². The van der Waals surface area contributed by atoms with Gasteiger partial charge in [-0.3, -0.25) is 18.9 Å². The molecule has 8 nitrogen and oxygen atoms in total. The summed E-state index contributed by atoms with van der Waals surface area (Å²) in [7, 11) is 3.18. The zero-order valence-electron chi connectivity index (χ0n) is 21.5. The summed E-state index contributed by atoms with van der Waals surface area (Å²) in [5.74, 6) is 1.86. The summed E-state index contributed by atoms with van der Waals surface area (Å²) in [5, 5.41) is 3.28. The number of amides is 1. The van der Waals surface area contributed by atoms with Gasteiger partial charge in [0.1, 0.15) is 15.8 Å². The highest BCUT2D eigenvalue weighted by atomic mass is 32.2. The van der Waals surface area contributed by atoms with Gasteiger partial charge in [-0.1, -0.05) is 50.0 Å². The predicted molar refractivity (Wildman–Crippen MR) is 153 cm³/mol. The second-order valence-electron chi connectivity index (χ2n) is 9.16. The molecule has 0 radical (unpaired) electrons. The Morgan fingerprint density at radius 3 is 2.59 bits per heavy atom. The lowest BCUT2D eigenvalue weighted by Gasteiger charge is -2.15. The molecule has 4 rings (SSSR count). The Bertz CT molecular complexity index is 1450. The monoisotopic (exact) mass is 538 g/mol. The maximum Gasteiger partial charge on any atom is 0.267 e. The van der Waals surface area contributed by atoms with Crippen LogP contribution < -0.4 is 20.3 Å². The van der Waals surface area contributed by atoms with E-state index in [0.29, 0.717) is 63.2 Å². The first-order valence-electron chi connectivity index (χ1n) is 11.9. The number of aryl methyl sites for hydroxylation is 1. The number of aromatic nitrogens is 2. The third kappa shape index (κ3) is 5.80. The minimum absolute atomic E-state index is 0.223. The lowest BCUT2D eigenvalue weighted by molar-refractivity contribution is -0.122. The largest absolute Gasteiger partial charge is 0.493 e. The number of pyridine rings is 1. The Kier molecular flexibility index (Phi) is 8.19. The van der Waals surface area contributed by atoms with Crippen LogP contribution in [0.15, 0.2) is 46.2 Å². The van der Waals surface area contributed by atoms with Crippen molar-refractivity contribution in [3.8, 4) is 11.5 Å². The summed E-state index contributed by atoms with van der Waals surface area (Å²) in [5.41, 5.74) is 2.57. The number of anilines is 1. The third-order valence-corrected chi connectivity index (χ3v) is 7.28. The van der Waals surface area contributed by atoms with Gasteiger partial charge in [0, 0.05) is 19.3 Å². The van der Waals surface area contributed by atoms with E-state index in [1.807, 2.05) is 37.3 Å². The Morgan fingerprint density at radius 1 is 1.14 bits per heavy atom. The summed E-state index contributed by atoms with van der Waals surface area (Å²) in [4.78, 5) is 33.5. The molecule has 0 spiro atoms. The Balaban J connectivity index is 1.63. The molecule has 1 amide bonds. The minimum Gasteiger partial charge on any atom is -0.493 e. The van der Waals surface area contributed by atoms with Crippen molar-refractivity contribution in [2.75, 3.05) is 32.6 Å². The number of benzene rings is 1. The first-order valence-corrected chi connectivity index (χ1v) is 13.2. The van der Waals surface area contributed by atoms with Crippen LogP contribution in [0.1, 0.15) is 30.5 Å². The minimum atomic E-state index is -0.240. The molecule has 1 aromatic carbocycles. The van der Waals surface area contributed by atoms with Crippen LogP contribution >= 0.6 is 24.0 Å². The van der Waals surface area contributed by atoms with Crippen LogP contribution in [-0.2, 0) is 11.2 Å². The normalized spacial score (nSPS) is 14.8. The van der Waals surface area contributed by atoms with Crippen LogP contribution in [-0.4, -0.2) is 51.8 Å². The molecule has 1 aliphatic heterocycles. The van der Waals surface area contributed by atoms with Gasteiger partial charge in [-0.2, -0.15) is 0 Å². The van der Waals surface area contributed by atoms with Crippen LogP contribution in [0.4, 0.5) is 5.82 Å². The van der Waals surface area contributed by atoms with Gasteiger partial charge in [-0.15, -0.1) is 0 Å². The van der Waals surface area contributed by atoms with Crippen molar-refractivity contribution >= 4 is 51.7 Å². The third-order valence-electron chi connectivity index (χ3n) is 5.90. The van der Waals surface area contributed by atoms with E-state index in [1.165, 1.54) is 16.2 Å². The maximum atomic E-state index is 13.5. The Labute approximate surface area is 225 Å². The van der Waals surface area contributed by atoms with E-state index < -0.39 is 0 Å². The molecule has 0 unspecified atom stereocenters. The van der Waals surface area contributed by atoms with Crippen molar-refractivity contribution in [3.63, 3.8) is 0 Å². The van der Waals surface area contributed by atoms with Crippen molar-refractivity contribution in [2.24, 2.45) is 5.92 Å². The lowest BCUT2D eigenvalue weighted by Crippen LogP contribution is -2.30. The highest BCUT2D eigenvalue weighted by molar-refractivity contribution is 8.26. The van der Waals surface area contributed by atoms with E-state index in [4.69, 9.17) is 21.7 Å².